The van der Waals surface area contributed by atoms with E-state index < -0.39 is 0 Å². The van der Waals surface area contributed by atoms with Gasteiger partial charge in [0.15, 0.2) is 0 Å². The Morgan fingerprint density at radius 3 is 1.95 bits per heavy atom. The minimum atomic E-state index is 1.16. The Bertz CT molecular complexity index is 2460. The predicted molar refractivity (Wildman–Crippen MR) is 178 cm³/mol. The summed E-state index contributed by atoms with van der Waals surface area (Å²) >= 11 is 0. The number of rotatable bonds is 3. The lowest BCUT2D eigenvalue weighted by Gasteiger charge is -2.14. The van der Waals surface area contributed by atoms with Crippen molar-refractivity contribution in [2.45, 2.75) is 0 Å². The molecule has 2 heterocycles. The molecule has 7 aromatic carbocycles. The Morgan fingerprint density at radius 1 is 0.357 bits per heavy atom. The molecule has 9 rings (SSSR count). The SMILES string of the molecule is c1ccc(-n2ccc3cc4c(cc32)c2ccccc2n4-c2cccc(-c3cc4ccccc4c4ccccc34)c2)cc1. The van der Waals surface area contributed by atoms with Crippen molar-refractivity contribution in [2.75, 3.05) is 0 Å². The molecule has 0 radical (unpaired) electrons. The van der Waals surface area contributed by atoms with Gasteiger partial charge in [-0.25, -0.2) is 0 Å². The van der Waals surface area contributed by atoms with Crippen molar-refractivity contribution < 1.29 is 0 Å². The Balaban J connectivity index is 1.30. The highest BCUT2D eigenvalue weighted by molar-refractivity contribution is 6.15. The summed E-state index contributed by atoms with van der Waals surface area (Å²) in [4.78, 5) is 0. The summed E-state index contributed by atoms with van der Waals surface area (Å²) in [7, 11) is 0. The molecule has 0 aliphatic carbocycles. The molecule has 9 aromatic rings. The second-order valence-electron chi connectivity index (χ2n) is 11.0. The Morgan fingerprint density at radius 2 is 1.07 bits per heavy atom. The molecule has 2 aromatic heterocycles. The third-order valence-electron chi connectivity index (χ3n) is 8.70. The molecule has 42 heavy (non-hydrogen) atoms. The molecular formula is C40H26N2. The second-order valence-corrected chi connectivity index (χ2v) is 11.0. The summed E-state index contributed by atoms with van der Waals surface area (Å²) < 4.78 is 4.71. The van der Waals surface area contributed by atoms with Gasteiger partial charge in [-0.1, -0.05) is 97.1 Å². The Labute approximate surface area is 243 Å². The number of aromatic nitrogens is 2. The van der Waals surface area contributed by atoms with Gasteiger partial charge in [-0.2, -0.15) is 0 Å². The zero-order chi connectivity index (χ0) is 27.6. The van der Waals surface area contributed by atoms with E-state index in [0.29, 0.717) is 0 Å². The summed E-state index contributed by atoms with van der Waals surface area (Å²) in [5, 5.41) is 8.87. The van der Waals surface area contributed by atoms with Crippen molar-refractivity contribution in [3.63, 3.8) is 0 Å². The van der Waals surface area contributed by atoms with E-state index in [1.165, 1.54) is 71.1 Å². The molecule has 2 heteroatoms. The van der Waals surface area contributed by atoms with Gasteiger partial charge in [0.2, 0.25) is 0 Å². The first-order valence-corrected chi connectivity index (χ1v) is 14.4. The molecule has 196 valence electrons. The number of hydrogen-bond donors (Lipinski definition) is 0. The van der Waals surface area contributed by atoms with Crippen LogP contribution in [-0.2, 0) is 0 Å². The van der Waals surface area contributed by atoms with E-state index in [4.69, 9.17) is 0 Å². The molecule has 0 atom stereocenters. The third kappa shape index (κ3) is 3.39. The van der Waals surface area contributed by atoms with Gasteiger partial charge in [0.1, 0.15) is 0 Å². The summed E-state index contributed by atoms with van der Waals surface area (Å²) in [5.74, 6) is 0. The highest BCUT2D eigenvalue weighted by atomic mass is 15.0. The van der Waals surface area contributed by atoms with Gasteiger partial charge >= 0.3 is 0 Å². The van der Waals surface area contributed by atoms with Gasteiger partial charge in [0.25, 0.3) is 0 Å². The van der Waals surface area contributed by atoms with Gasteiger partial charge in [-0.3, -0.25) is 0 Å². The van der Waals surface area contributed by atoms with Gasteiger partial charge < -0.3 is 9.13 Å². The average molecular weight is 535 g/mol. The lowest BCUT2D eigenvalue weighted by molar-refractivity contribution is 1.13. The van der Waals surface area contributed by atoms with Gasteiger partial charge in [-0.05, 0) is 87.3 Å². The fourth-order valence-electron chi connectivity index (χ4n) is 6.79. The van der Waals surface area contributed by atoms with Crippen LogP contribution >= 0.6 is 0 Å². The van der Waals surface area contributed by atoms with Crippen LogP contribution < -0.4 is 0 Å². The van der Waals surface area contributed by atoms with E-state index in [2.05, 4.69) is 167 Å². The molecule has 0 bridgehead atoms. The van der Waals surface area contributed by atoms with Gasteiger partial charge in [0, 0.05) is 33.7 Å². The molecule has 0 amide bonds. The maximum Gasteiger partial charge on any atom is 0.0548 e. The normalized spacial score (nSPS) is 11.8. The Hall–Kier alpha value is -5.60. The summed E-state index contributed by atoms with van der Waals surface area (Å²) in [6.45, 7) is 0. The van der Waals surface area contributed by atoms with Crippen molar-refractivity contribution in [1.82, 2.24) is 9.13 Å². The van der Waals surface area contributed by atoms with Crippen LogP contribution in [0.25, 0.3) is 76.8 Å². The van der Waals surface area contributed by atoms with E-state index in [0.717, 1.165) is 5.69 Å². The third-order valence-corrected chi connectivity index (χ3v) is 8.70. The highest BCUT2D eigenvalue weighted by Crippen LogP contribution is 2.39. The minimum absolute atomic E-state index is 1.16. The molecule has 0 fully saturated rings. The smallest absolute Gasteiger partial charge is 0.0548 e. The van der Waals surface area contributed by atoms with Gasteiger partial charge in [-0.15, -0.1) is 0 Å². The standard InChI is InChI=1S/C40H26N2/c1-2-13-30(14-3-1)41-22-21-29-25-40-37(26-39(29)41)35-19-8-9-20-38(35)42(40)31-15-10-12-27(23-31)36-24-28-11-4-5-16-32(28)33-17-6-7-18-34(33)36/h1-26H. The molecule has 0 aliphatic heterocycles. The number of benzene rings is 7. The minimum Gasteiger partial charge on any atom is -0.317 e. The van der Waals surface area contributed by atoms with Crippen molar-refractivity contribution in [1.29, 1.82) is 0 Å². The summed E-state index contributed by atoms with van der Waals surface area (Å²) in [5.41, 5.74) is 8.46. The first kappa shape index (κ1) is 23.1. The van der Waals surface area contributed by atoms with Crippen LogP contribution in [0.2, 0.25) is 0 Å². The molecule has 2 nitrogen and oxygen atoms in total. The van der Waals surface area contributed by atoms with Gasteiger partial charge in [0.05, 0.1) is 16.6 Å². The number of para-hydroxylation sites is 2. The lowest BCUT2D eigenvalue weighted by atomic mass is 9.93. The first-order chi connectivity index (χ1) is 20.8. The van der Waals surface area contributed by atoms with Crippen LogP contribution in [0.15, 0.2) is 158 Å². The average Bonchev–Trinajstić information content (AvgIpc) is 3.62. The van der Waals surface area contributed by atoms with Crippen molar-refractivity contribution in [3.8, 4) is 22.5 Å². The van der Waals surface area contributed by atoms with E-state index in [1.807, 2.05) is 0 Å². The number of nitrogens with zero attached hydrogens (tertiary/aromatic N) is 2. The fraction of sp³-hybridized carbons (Fsp3) is 0. The van der Waals surface area contributed by atoms with Crippen molar-refractivity contribution >= 4 is 54.3 Å². The summed E-state index contributed by atoms with van der Waals surface area (Å²) in [6, 6.07) is 55.1. The molecule has 0 saturated carbocycles. The molecular weight excluding hydrogens is 508 g/mol. The second kappa shape index (κ2) is 8.95. The van der Waals surface area contributed by atoms with E-state index in [9.17, 15) is 0 Å². The zero-order valence-corrected chi connectivity index (χ0v) is 22.9. The van der Waals surface area contributed by atoms with Crippen LogP contribution in [-0.4, -0.2) is 9.13 Å². The first-order valence-electron chi connectivity index (χ1n) is 14.4. The fourth-order valence-corrected chi connectivity index (χ4v) is 6.79. The maximum atomic E-state index is 2.43. The van der Waals surface area contributed by atoms with Crippen LogP contribution in [0.3, 0.4) is 0 Å². The number of hydrogen-bond acceptors (Lipinski definition) is 0. The lowest BCUT2D eigenvalue weighted by Crippen LogP contribution is -1.95. The van der Waals surface area contributed by atoms with Crippen LogP contribution in [0.4, 0.5) is 0 Å². The van der Waals surface area contributed by atoms with E-state index in [1.54, 1.807) is 0 Å². The zero-order valence-electron chi connectivity index (χ0n) is 22.9. The summed E-state index contributed by atoms with van der Waals surface area (Å²) in [6.07, 6.45) is 2.18. The molecule has 0 N–H and O–H groups in total. The van der Waals surface area contributed by atoms with Crippen LogP contribution in [0, 0.1) is 0 Å². The largest absolute Gasteiger partial charge is 0.317 e. The topological polar surface area (TPSA) is 9.86 Å². The quantitative estimate of drug-likeness (QED) is 0.200. The van der Waals surface area contributed by atoms with Crippen LogP contribution in [0.1, 0.15) is 0 Å². The highest BCUT2D eigenvalue weighted by Gasteiger charge is 2.16. The number of fused-ring (bicyclic) bond motifs is 7. The van der Waals surface area contributed by atoms with Crippen LogP contribution in [0.5, 0.6) is 0 Å². The van der Waals surface area contributed by atoms with Crippen molar-refractivity contribution in [3.05, 3.63) is 158 Å². The molecule has 0 unspecified atom stereocenters. The monoisotopic (exact) mass is 534 g/mol. The maximum absolute atomic E-state index is 2.43. The molecule has 0 aliphatic rings. The molecule has 0 spiro atoms. The Kier molecular flexibility index (Phi) is 4.93. The van der Waals surface area contributed by atoms with E-state index >= 15 is 0 Å². The van der Waals surface area contributed by atoms with E-state index in [-0.39, 0.29) is 0 Å². The molecule has 0 saturated heterocycles. The van der Waals surface area contributed by atoms with Crippen molar-refractivity contribution in [2.24, 2.45) is 0 Å². The predicted octanol–water partition coefficient (Wildman–Crippen LogP) is 10.7.